The van der Waals surface area contributed by atoms with Gasteiger partial charge >= 0.3 is 0 Å². The summed E-state index contributed by atoms with van der Waals surface area (Å²) in [5.41, 5.74) is 5.00. The van der Waals surface area contributed by atoms with Crippen LogP contribution in [0.5, 0.6) is 0 Å². The number of hydrogen-bond acceptors (Lipinski definition) is 3. The van der Waals surface area contributed by atoms with Gasteiger partial charge in [0.25, 0.3) is 5.91 Å². The van der Waals surface area contributed by atoms with Gasteiger partial charge in [-0.25, -0.2) is 0 Å². The van der Waals surface area contributed by atoms with E-state index in [4.69, 9.17) is 0 Å². The van der Waals surface area contributed by atoms with Crippen molar-refractivity contribution in [3.8, 4) is 0 Å². The van der Waals surface area contributed by atoms with Crippen molar-refractivity contribution >= 4 is 17.6 Å². The highest BCUT2D eigenvalue weighted by atomic mass is 16.4. The third-order valence-corrected chi connectivity index (χ3v) is 4.74. The van der Waals surface area contributed by atoms with Crippen molar-refractivity contribution in [1.29, 1.82) is 0 Å². The summed E-state index contributed by atoms with van der Waals surface area (Å²) in [7, 11) is 0. The van der Waals surface area contributed by atoms with E-state index in [9.17, 15) is 14.7 Å². The van der Waals surface area contributed by atoms with Crippen LogP contribution in [0.1, 0.15) is 52.0 Å². The highest BCUT2D eigenvalue weighted by Crippen LogP contribution is 2.27. The standard InChI is InChI=1S/C22H27NO3/c1-13-9-16(4)19(17(10-13)12-22(5,6)21(25)26)20(24)23-18-8-7-14(2)15(3)11-18/h7-11H,12H2,1-6H3,(H,23,24)(H,25,26)/p-1. The Morgan fingerprint density at radius 2 is 1.62 bits per heavy atom. The molecule has 1 N–H and O–H groups in total. The smallest absolute Gasteiger partial charge is 0.256 e. The number of rotatable bonds is 5. The van der Waals surface area contributed by atoms with Crippen LogP contribution in [0.4, 0.5) is 5.69 Å². The summed E-state index contributed by atoms with van der Waals surface area (Å²) in [6.07, 6.45) is 0.230. The van der Waals surface area contributed by atoms with Crippen LogP contribution in [0.2, 0.25) is 0 Å². The number of benzene rings is 2. The lowest BCUT2D eigenvalue weighted by Crippen LogP contribution is -2.40. The fourth-order valence-electron chi connectivity index (χ4n) is 3.08. The summed E-state index contributed by atoms with van der Waals surface area (Å²) >= 11 is 0. The first-order valence-electron chi connectivity index (χ1n) is 8.71. The minimum atomic E-state index is -1.13. The number of hydrogen-bond donors (Lipinski definition) is 1. The molecule has 0 aromatic heterocycles. The first-order valence-corrected chi connectivity index (χ1v) is 8.71. The molecule has 0 unspecified atom stereocenters. The maximum absolute atomic E-state index is 12.9. The van der Waals surface area contributed by atoms with Gasteiger partial charge in [-0.2, -0.15) is 0 Å². The number of anilines is 1. The summed E-state index contributed by atoms with van der Waals surface area (Å²) in [6.45, 7) is 11.1. The van der Waals surface area contributed by atoms with E-state index in [2.05, 4.69) is 5.32 Å². The van der Waals surface area contributed by atoms with E-state index < -0.39 is 11.4 Å². The molecule has 26 heavy (non-hydrogen) atoms. The van der Waals surface area contributed by atoms with Crippen molar-refractivity contribution in [3.05, 3.63) is 63.7 Å². The molecule has 2 rings (SSSR count). The Balaban J connectivity index is 2.42. The average molecular weight is 352 g/mol. The molecule has 0 aliphatic heterocycles. The van der Waals surface area contributed by atoms with Gasteiger partial charge in [0.05, 0.1) is 0 Å². The monoisotopic (exact) mass is 352 g/mol. The van der Waals surface area contributed by atoms with E-state index in [1.165, 1.54) is 0 Å². The van der Waals surface area contributed by atoms with E-state index >= 15 is 0 Å². The Morgan fingerprint density at radius 1 is 0.962 bits per heavy atom. The number of aliphatic carboxylic acids is 1. The molecule has 0 bridgehead atoms. The van der Waals surface area contributed by atoms with Gasteiger partial charge in [0.2, 0.25) is 0 Å². The molecule has 0 aliphatic carbocycles. The fraction of sp³-hybridized carbons (Fsp3) is 0.364. The zero-order valence-electron chi connectivity index (χ0n) is 16.3. The highest BCUT2D eigenvalue weighted by molar-refractivity contribution is 6.06. The molecule has 4 nitrogen and oxygen atoms in total. The van der Waals surface area contributed by atoms with Crippen LogP contribution in [0.15, 0.2) is 30.3 Å². The number of nitrogens with one attached hydrogen (secondary N) is 1. The molecule has 0 saturated carbocycles. The maximum Gasteiger partial charge on any atom is 0.256 e. The highest BCUT2D eigenvalue weighted by Gasteiger charge is 2.24. The van der Waals surface area contributed by atoms with E-state index in [0.29, 0.717) is 5.56 Å². The molecule has 0 aliphatic rings. The molecule has 0 fully saturated rings. The topological polar surface area (TPSA) is 69.2 Å². The van der Waals surface area contributed by atoms with Crippen LogP contribution in [0, 0.1) is 33.1 Å². The molecule has 0 radical (unpaired) electrons. The lowest BCUT2D eigenvalue weighted by atomic mass is 9.82. The van der Waals surface area contributed by atoms with E-state index in [1.807, 2.05) is 58.0 Å². The SMILES string of the molecule is Cc1cc(C)c(C(=O)Nc2ccc(C)c(C)c2)c(CC(C)(C)C(=O)[O-])c1. The van der Waals surface area contributed by atoms with Crippen molar-refractivity contribution in [2.75, 3.05) is 5.32 Å². The molecule has 0 atom stereocenters. The van der Waals surface area contributed by atoms with Crippen LogP contribution >= 0.6 is 0 Å². The third kappa shape index (κ3) is 4.31. The number of carboxylic acids is 1. The lowest BCUT2D eigenvalue weighted by molar-refractivity contribution is -0.317. The zero-order valence-corrected chi connectivity index (χ0v) is 16.3. The third-order valence-electron chi connectivity index (χ3n) is 4.74. The Hall–Kier alpha value is -2.62. The minimum Gasteiger partial charge on any atom is -0.550 e. The summed E-state index contributed by atoms with van der Waals surface area (Å²) in [6, 6.07) is 9.58. The summed E-state index contributed by atoms with van der Waals surface area (Å²) in [5.74, 6) is -1.35. The number of amides is 1. The van der Waals surface area contributed by atoms with E-state index in [-0.39, 0.29) is 12.3 Å². The van der Waals surface area contributed by atoms with Crippen molar-refractivity contribution < 1.29 is 14.7 Å². The van der Waals surface area contributed by atoms with Crippen LogP contribution in [0.3, 0.4) is 0 Å². The predicted octanol–water partition coefficient (Wildman–Crippen LogP) is 3.49. The van der Waals surface area contributed by atoms with Crippen molar-refractivity contribution in [1.82, 2.24) is 0 Å². The summed E-state index contributed by atoms with van der Waals surface area (Å²) in [4.78, 5) is 24.4. The van der Waals surface area contributed by atoms with Gasteiger partial charge in [-0.3, -0.25) is 4.79 Å². The van der Waals surface area contributed by atoms with Gasteiger partial charge in [-0.05, 0) is 68.5 Å². The molecule has 2 aromatic carbocycles. The molecular weight excluding hydrogens is 326 g/mol. The number of carboxylic acid groups (broad SMARTS) is 1. The normalized spacial score (nSPS) is 11.3. The predicted molar refractivity (Wildman–Crippen MR) is 102 cm³/mol. The van der Waals surface area contributed by atoms with E-state index in [0.717, 1.165) is 33.5 Å². The molecule has 0 saturated heterocycles. The number of aryl methyl sites for hydroxylation is 4. The fourth-order valence-corrected chi connectivity index (χ4v) is 3.08. The first kappa shape index (κ1) is 19.7. The largest absolute Gasteiger partial charge is 0.550 e. The second-order valence-electron chi connectivity index (χ2n) is 7.72. The molecule has 2 aromatic rings. The molecular formula is C22H26NO3-. The minimum absolute atomic E-state index is 0.227. The zero-order chi connectivity index (χ0) is 19.6. The summed E-state index contributed by atoms with van der Waals surface area (Å²) < 4.78 is 0. The second-order valence-corrected chi connectivity index (χ2v) is 7.72. The Kier molecular flexibility index (Phi) is 5.55. The molecule has 1 amide bonds. The van der Waals surface area contributed by atoms with Gasteiger partial charge in [0.15, 0.2) is 0 Å². The number of carbonyl (C=O) groups excluding carboxylic acids is 2. The number of carbonyl (C=O) groups is 2. The summed E-state index contributed by atoms with van der Waals surface area (Å²) in [5, 5.41) is 14.4. The molecule has 0 spiro atoms. The van der Waals surface area contributed by atoms with Crippen molar-refractivity contribution in [3.63, 3.8) is 0 Å². The van der Waals surface area contributed by atoms with Crippen molar-refractivity contribution in [2.45, 2.75) is 48.0 Å². The molecule has 0 heterocycles. The van der Waals surface area contributed by atoms with Crippen LogP contribution < -0.4 is 10.4 Å². The van der Waals surface area contributed by atoms with Gasteiger partial charge in [0, 0.05) is 22.6 Å². The van der Waals surface area contributed by atoms with Crippen LogP contribution in [-0.4, -0.2) is 11.9 Å². The Morgan fingerprint density at radius 3 is 2.19 bits per heavy atom. The Bertz CT molecular complexity index is 866. The van der Waals surface area contributed by atoms with Crippen LogP contribution in [-0.2, 0) is 11.2 Å². The second kappa shape index (κ2) is 7.32. The van der Waals surface area contributed by atoms with E-state index in [1.54, 1.807) is 13.8 Å². The van der Waals surface area contributed by atoms with Gasteiger partial charge in [-0.1, -0.05) is 37.6 Å². The van der Waals surface area contributed by atoms with Gasteiger partial charge in [-0.15, -0.1) is 0 Å². The maximum atomic E-state index is 12.9. The lowest BCUT2D eigenvalue weighted by Gasteiger charge is -2.27. The van der Waals surface area contributed by atoms with Gasteiger partial charge < -0.3 is 15.2 Å². The average Bonchev–Trinajstić information content (AvgIpc) is 2.49. The van der Waals surface area contributed by atoms with Crippen LogP contribution in [0.25, 0.3) is 0 Å². The van der Waals surface area contributed by atoms with Crippen molar-refractivity contribution in [2.24, 2.45) is 5.41 Å². The first-order chi connectivity index (χ1) is 12.0. The quantitative estimate of drug-likeness (QED) is 0.895. The molecule has 4 heteroatoms. The molecule has 138 valence electrons. The Labute approximate surface area is 155 Å². The van der Waals surface area contributed by atoms with Gasteiger partial charge in [0.1, 0.15) is 0 Å².